The normalized spacial score (nSPS) is 40.9. The predicted octanol–water partition coefficient (Wildman–Crippen LogP) is 4.36. The standard InChI is InChI=1S/C45H62O16/c1-20(2)45(52,21(3)46)40-37-34(41(61-40)57-26(8)51)35-32(59-37)18-31-29-12-11-27-17-28(13-15-43(27,9)30(29)14-16-44(31,35)10)58-42-39(56-25(7)50)38(55-24(6)49)36(54-23(5)48)33(60-42)19-53-22(4)47/h18,20,27-28,32-42,52H,11-17,19H2,1-10H3. The Balaban J connectivity index is 1.13. The van der Waals surface area contributed by atoms with Crippen LogP contribution in [0.2, 0.25) is 0 Å². The molecule has 16 unspecified atom stereocenters. The topological polar surface area (TPSA) is 206 Å². The van der Waals surface area contributed by atoms with Crippen LogP contribution in [0.1, 0.15) is 114 Å². The average molecular weight is 859 g/mol. The maximum absolute atomic E-state index is 13.0. The zero-order chi connectivity index (χ0) is 44.5. The van der Waals surface area contributed by atoms with E-state index < -0.39 is 96.4 Å². The molecule has 7 rings (SSSR count). The third-order valence-corrected chi connectivity index (χ3v) is 14.9. The van der Waals surface area contributed by atoms with Crippen molar-refractivity contribution in [3.05, 3.63) is 22.8 Å². The molecule has 3 heterocycles. The second-order valence-electron chi connectivity index (χ2n) is 18.9. The first-order chi connectivity index (χ1) is 28.6. The smallest absolute Gasteiger partial charge is 0.304 e. The van der Waals surface area contributed by atoms with Crippen LogP contribution >= 0.6 is 0 Å². The second-order valence-corrected chi connectivity index (χ2v) is 18.9. The summed E-state index contributed by atoms with van der Waals surface area (Å²) in [7, 11) is 0. The van der Waals surface area contributed by atoms with Crippen LogP contribution in [-0.2, 0) is 71.4 Å². The molecule has 0 aromatic heterocycles. The molecule has 0 amide bonds. The number of carbonyl (C=O) groups is 6. The van der Waals surface area contributed by atoms with Crippen LogP contribution in [0.3, 0.4) is 0 Å². The van der Waals surface area contributed by atoms with Gasteiger partial charge in [0.15, 0.2) is 36.0 Å². The number of fused-ring (bicyclic) bond motifs is 8. The van der Waals surface area contributed by atoms with E-state index in [0.29, 0.717) is 12.8 Å². The molecule has 16 heteroatoms. The molecule has 1 saturated carbocycles. The summed E-state index contributed by atoms with van der Waals surface area (Å²) >= 11 is 0. The lowest BCUT2D eigenvalue weighted by molar-refractivity contribution is -0.320. The molecule has 16 atom stereocenters. The van der Waals surface area contributed by atoms with Gasteiger partial charge in [-0.15, -0.1) is 0 Å². The van der Waals surface area contributed by atoms with Crippen molar-refractivity contribution in [3.8, 4) is 0 Å². The van der Waals surface area contributed by atoms with Crippen LogP contribution in [0.15, 0.2) is 22.8 Å². The molecule has 3 aliphatic heterocycles. The summed E-state index contributed by atoms with van der Waals surface area (Å²) in [5.41, 5.74) is 1.74. The molecule has 4 fully saturated rings. The van der Waals surface area contributed by atoms with Crippen molar-refractivity contribution in [3.63, 3.8) is 0 Å². The van der Waals surface area contributed by atoms with Gasteiger partial charge in [0.2, 0.25) is 6.29 Å². The van der Waals surface area contributed by atoms with Gasteiger partial charge < -0.3 is 47.7 Å². The lowest BCUT2D eigenvalue weighted by Gasteiger charge is -2.54. The molecule has 4 aliphatic carbocycles. The Morgan fingerprint density at radius 2 is 1.41 bits per heavy atom. The van der Waals surface area contributed by atoms with Gasteiger partial charge in [-0.3, -0.25) is 28.8 Å². The molecule has 1 N–H and O–H groups in total. The van der Waals surface area contributed by atoms with Crippen LogP contribution in [-0.4, -0.2) is 114 Å². The van der Waals surface area contributed by atoms with Crippen LogP contribution in [0.5, 0.6) is 0 Å². The Hall–Kier alpha value is -3.70. The van der Waals surface area contributed by atoms with E-state index in [-0.39, 0.29) is 47.4 Å². The van der Waals surface area contributed by atoms with Crippen molar-refractivity contribution in [1.29, 1.82) is 0 Å². The molecule has 338 valence electrons. The third kappa shape index (κ3) is 7.97. The highest BCUT2D eigenvalue weighted by atomic mass is 16.7. The second kappa shape index (κ2) is 16.8. The van der Waals surface area contributed by atoms with E-state index in [9.17, 15) is 33.9 Å². The summed E-state index contributed by atoms with van der Waals surface area (Å²) in [5.74, 6) is -4.35. The summed E-state index contributed by atoms with van der Waals surface area (Å²) in [4.78, 5) is 74.2. The zero-order valence-electron chi connectivity index (χ0n) is 36.9. The first kappa shape index (κ1) is 45.3. The summed E-state index contributed by atoms with van der Waals surface area (Å²) in [6.45, 7) is 15.3. The van der Waals surface area contributed by atoms with E-state index in [2.05, 4.69) is 19.9 Å². The van der Waals surface area contributed by atoms with Crippen LogP contribution < -0.4 is 0 Å². The Morgan fingerprint density at radius 3 is 2.02 bits per heavy atom. The van der Waals surface area contributed by atoms with Gasteiger partial charge in [0.1, 0.15) is 18.8 Å². The number of Topliss-reactive ketones (excluding diaryl/α,β-unsaturated/α-hetero) is 1. The van der Waals surface area contributed by atoms with Crippen LogP contribution in [0, 0.1) is 34.5 Å². The van der Waals surface area contributed by atoms with E-state index in [4.69, 9.17) is 42.6 Å². The van der Waals surface area contributed by atoms with Gasteiger partial charge in [-0.25, -0.2) is 0 Å². The van der Waals surface area contributed by atoms with Crippen LogP contribution in [0.25, 0.3) is 0 Å². The Morgan fingerprint density at radius 1 is 0.770 bits per heavy atom. The number of carbonyl (C=O) groups excluding carboxylic acids is 6. The molecule has 61 heavy (non-hydrogen) atoms. The Bertz CT molecular complexity index is 1870. The zero-order valence-corrected chi connectivity index (χ0v) is 36.9. The number of ether oxygens (including phenoxy) is 9. The van der Waals surface area contributed by atoms with Gasteiger partial charge >= 0.3 is 29.8 Å². The molecule has 3 saturated heterocycles. The minimum absolute atomic E-state index is 0.101. The molecule has 0 bridgehead atoms. The lowest BCUT2D eigenvalue weighted by atomic mass is 9.51. The molecule has 0 radical (unpaired) electrons. The molecule has 16 nitrogen and oxygen atoms in total. The largest absolute Gasteiger partial charge is 0.463 e. The van der Waals surface area contributed by atoms with Crippen LogP contribution in [0.4, 0.5) is 0 Å². The summed E-state index contributed by atoms with van der Waals surface area (Å²) in [6.07, 6.45) is -1.71. The van der Waals surface area contributed by atoms with Gasteiger partial charge in [-0.2, -0.15) is 0 Å². The SMILES string of the molecule is CC(=O)OCC1OC(OC2CCC3(C)C4=C(CCC3C2)C2=CC3OC5C(C(OC(C)=O)OC5C(O)(C(C)=O)C(C)C)C3C2(C)CC4)C(OC(C)=O)C(OC(C)=O)C1OC(C)=O. The number of aliphatic hydroxyl groups is 1. The highest BCUT2D eigenvalue weighted by Gasteiger charge is 2.70. The third-order valence-electron chi connectivity index (χ3n) is 14.9. The Kier molecular flexibility index (Phi) is 12.5. The molecule has 7 aliphatic rings. The molecule has 0 aromatic carbocycles. The van der Waals surface area contributed by atoms with Gasteiger partial charge in [0.25, 0.3) is 0 Å². The van der Waals surface area contributed by atoms with Crippen molar-refractivity contribution in [2.24, 2.45) is 34.5 Å². The average Bonchev–Trinajstić information content (AvgIpc) is 3.79. The monoisotopic (exact) mass is 858 g/mol. The van der Waals surface area contributed by atoms with Gasteiger partial charge in [-0.1, -0.05) is 39.3 Å². The summed E-state index contributed by atoms with van der Waals surface area (Å²) < 4.78 is 53.9. The van der Waals surface area contributed by atoms with E-state index in [1.165, 1.54) is 58.3 Å². The minimum Gasteiger partial charge on any atom is -0.463 e. The maximum atomic E-state index is 13.0. The van der Waals surface area contributed by atoms with Crippen molar-refractivity contribution in [2.75, 3.05) is 6.61 Å². The summed E-state index contributed by atoms with van der Waals surface area (Å²) in [5, 5.41) is 11.8. The molecular weight excluding hydrogens is 796 g/mol. The highest BCUT2D eigenvalue weighted by molar-refractivity contribution is 5.86. The van der Waals surface area contributed by atoms with E-state index in [0.717, 1.165) is 32.1 Å². The number of hydrogen-bond donors (Lipinski definition) is 1. The maximum Gasteiger partial charge on any atom is 0.304 e. The highest BCUT2D eigenvalue weighted by Crippen LogP contribution is 2.67. The van der Waals surface area contributed by atoms with Gasteiger partial charge in [0.05, 0.1) is 24.2 Å². The molecule has 0 aromatic rings. The fraction of sp³-hybridized carbons (Fsp3) is 0.778. The Labute approximate surface area is 356 Å². The summed E-state index contributed by atoms with van der Waals surface area (Å²) in [6, 6.07) is 0. The molecule has 0 spiro atoms. The first-order valence-corrected chi connectivity index (χ1v) is 21.7. The minimum atomic E-state index is -1.83. The van der Waals surface area contributed by atoms with E-state index >= 15 is 0 Å². The fourth-order valence-corrected chi connectivity index (χ4v) is 12.2. The number of hydrogen-bond acceptors (Lipinski definition) is 16. The fourth-order valence-electron chi connectivity index (χ4n) is 12.2. The van der Waals surface area contributed by atoms with Crippen molar-refractivity contribution >= 4 is 35.6 Å². The first-order valence-electron chi connectivity index (χ1n) is 21.7. The van der Waals surface area contributed by atoms with E-state index in [1.807, 2.05) is 0 Å². The van der Waals surface area contributed by atoms with Gasteiger partial charge in [-0.05, 0) is 85.7 Å². The molecular formula is C45H62O16. The number of ketones is 1. The number of esters is 5. The van der Waals surface area contributed by atoms with Crippen molar-refractivity contribution in [1.82, 2.24) is 0 Å². The predicted molar refractivity (Wildman–Crippen MR) is 210 cm³/mol. The van der Waals surface area contributed by atoms with Crippen molar-refractivity contribution < 1.29 is 76.5 Å². The van der Waals surface area contributed by atoms with E-state index in [1.54, 1.807) is 13.8 Å². The number of rotatable bonds is 11. The number of allylic oxidation sites excluding steroid dienone is 3. The van der Waals surface area contributed by atoms with Gasteiger partial charge in [0, 0.05) is 40.5 Å². The quantitative estimate of drug-likeness (QED) is 0.226. The lowest BCUT2D eigenvalue weighted by Crippen LogP contribution is -2.63. The van der Waals surface area contributed by atoms with Crippen molar-refractivity contribution in [2.45, 2.75) is 181 Å².